The van der Waals surface area contributed by atoms with Crippen LogP contribution in [0, 0.1) is 3.57 Å². The summed E-state index contributed by atoms with van der Waals surface area (Å²) in [5, 5.41) is 0.733. The molecule has 0 amide bonds. The first-order valence-corrected chi connectivity index (χ1v) is 10.7. The molecule has 6 heteroatoms. The summed E-state index contributed by atoms with van der Waals surface area (Å²) < 4.78 is 28.6. The molecule has 0 radical (unpaired) electrons. The zero-order valence-corrected chi connectivity index (χ0v) is 17.0. The lowest BCUT2D eigenvalue weighted by Crippen LogP contribution is -2.19. The molecule has 1 heterocycles. The third-order valence-electron chi connectivity index (χ3n) is 4.30. The van der Waals surface area contributed by atoms with Crippen LogP contribution < -0.4 is 0 Å². The quantitative estimate of drug-likeness (QED) is 0.310. The molecule has 134 valence electrons. The average Bonchev–Trinajstić information content (AvgIpc) is 3.02. The van der Waals surface area contributed by atoms with Crippen molar-refractivity contribution in [3.05, 3.63) is 99.8 Å². The van der Waals surface area contributed by atoms with Gasteiger partial charge in [-0.2, -0.15) is 0 Å². The lowest BCUT2D eigenvalue weighted by atomic mass is 10.1. The van der Waals surface area contributed by atoms with Gasteiger partial charge in [0.05, 0.1) is 14.0 Å². The number of hydrogen-bond acceptors (Lipinski definition) is 3. The minimum atomic E-state index is -3.94. The molecule has 0 aliphatic carbocycles. The van der Waals surface area contributed by atoms with E-state index in [1.807, 2.05) is 18.2 Å². The fourth-order valence-electron chi connectivity index (χ4n) is 3.04. The van der Waals surface area contributed by atoms with Gasteiger partial charge in [-0.05, 0) is 40.8 Å². The highest BCUT2D eigenvalue weighted by atomic mass is 127. The van der Waals surface area contributed by atoms with Crippen LogP contribution in [0.25, 0.3) is 10.9 Å². The highest BCUT2D eigenvalue weighted by Gasteiger charge is 2.30. The number of nitrogens with zero attached hydrogens (tertiary/aromatic N) is 1. The molecule has 0 saturated heterocycles. The maximum Gasteiger partial charge on any atom is 0.268 e. The normalized spacial score (nSPS) is 11.6. The van der Waals surface area contributed by atoms with E-state index < -0.39 is 10.0 Å². The molecule has 0 atom stereocenters. The van der Waals surface area contributed by atoms with Gasteiger partial charge in [0.15, 0.2) is 0 Å². The molecule has 27 heavy (non-hydrogen) atoms. The fraction of sp³-hybridized carbons (Fsp3) is 0. The number of fused-ring (bicyclic) bond motifs is 1. The maximum atomic E-state index is 13.4. The molecule has 4 rings (SSSR count). The third kappa shape index (κ3) is 2.98. The highest BCUT2D eigenvalue weighted by molar-refractivity contribution is 14.1. The number of benzene rings is 3. The second-order valence-corrected chi connectivity index (χ2v) is 8.82. The number of carbonyl (C=O) groups is 1. The van der Waals surface area contributed by atoms with Crippen LogP contribution in [0.3, 0.4) is 0 Å². The van der Waals surface area contributed by atoms with E-state index >= 15 is 0 Å². The van der Waals surface area contributed by atoms with E-state index in [2.05, 4.69) is 22.6 Å². The molecule has 3 aromatic carbocycles. The standard InChI is InChI=1S/C21H14INO3S/c22-19-17-13-7-8-14-18(17)23(27(25,26)16-11-5-2-6-12-16)20(19)21(24)15-9-3-1-4-10-15/h1-14H. The van der Waals surface area contributed by atoms with Crippen molar-refractivity contribution in [1.29, 1.82) is 0 Å². The molecule has 0 fully saturated rings. The zero-order chi connectivity index (χ0) is 19.0. The summed E-state index contributed by atoms with van der Waals surface area (Å²) in [7, 11) is -3.94. The molecule has 0 spiro atoms. The monoisotopic (exact) mass is 487 g/mol. The van der Waals surface area contributed by atoms with Crippen LogP contribution in [-0.4, -0.2) is 18.2 Å². The second-order valence-electron chi connectivity index (χ2n) is 5.96. The van der Waals surface area contributed by atoms with Gasteiger partial charge >= 0.3 is 0 Å². The Balaban J connectivity index is 2.07. The molecular formula is C21H14INO3S. The zero-order valence-electron chi connectivity index (χ0n) is 14.0. The van der Waals surface area contributed by atoms with Gasteiger partial charge in [0.2, 0.25) is 5.78 Å². The largest absolute Gasteiger partial charge is 0.287 e. The van der Waals surface area contributed by atoms with Crippen molar-refractivity contribution in [2.24, 2.45) is 0 Å². The van der Waals surface area contributed by atoms with Crippen LogP contribution in [0.4, 0.5) is 0 Å². The van der Waals surface area contributed by atoms with Gasteiger partial charge in [-0.15, -0.1) is 0 Å². The summed E-state index contributed by atoms with van der Waals surface area (Å²) in [6.45, 7) is 0. The topological polar surface area (TPSA) is 56.1 Å². The van der Waals surface area contributed by atoms with Crippen molar-refractivity contribution in [1.82, 2.24) is 3.97 Å². The van der Waals surface area contributed by atoms with Crippen molar-refractivity contribution in [2.45, 2.75) is 4.90 Å². The van der Waals surface area contributed by atoms with Gasteiger partial charge in [0.1, 0.15) is 5.69 Å². The number of aromatic nitrogens is 1. The molecular weight excluding hydrogens is 473 g/mol. The van der Waals surface area contributed by atoms with E-state index in [0.29, 0.717) is 14.7 Å². The van der Waals surface area contributed by atoms with Crippen LogP contribution in [0.5, 0.6) is 0 Å². The highest BCUT2D eigenvalue weighted by Crippen LogP contribution is 2.32. The van der Waals surface area contributed by atoms with E-state index in [9.17, 15) is 13.2 Å². The van der Waals surface area contributed by atoms with E-state index in [4.69, 9.17) is 0 Å². The summed E-state index contributed by atoms with van der Waals surface area (Å²) in [4.78, 5) is 13.4. The number of carbonyl (C=O) groups excluding carboxylic acids is 1. The van der Waals surface area contributed by atoms with Gasteiger partial charge < -0.3 is 0 Å². The summed E-state index contributed by atoms with van der Waals surface area (Å²) in [5.74, 6) is -0.323. The number of ketones is 1. The van der Waals surface area contributed by atoms with Crippen molar-refractivity contribution >= 4 is 49.3 Å². The minimum absolute atomic E-state index is 0.143. The summed E-state index contributed by atoms with van der Waals surface area (Å²) in [6.07, 6.45) is 0. The number of halogens is 1. The fourth-order valence-corrected chi connectivity index (χ4v) is 5.69. The second kappa shape index (κ2) is 6.94. The minimum Gasteiger partial charge on any atom is -0.287 e. The maximum absolute atomic E-state index is 13.4. The van der Waals surface area contributed by atoms with E-state index in [-0.39, 0.29) is 16.4 Å². The van der Waals surface area contributed by atoms with Crippen molar-refractivity contribution < 1.29 is 13.2 Å². The first-order valence-electron chi connectivity index (χ1n) is 8.21. The number of para-hydroxylation sites is 1. The summed E-state index contributed by atoms with van der Waals surface area (Å²) in [5.41, 5.74) is 1.10. The third-order valence-corrected chi connectivity index (χ3v) is 7.12. The number of rotatable bonds is 4. The SMILES string of the molecule is O=C(c1ccccc1)c1c(I)c2ccccc2n1S(=O)(=O)c1ccccc1. The van der Waals surface area contributed by atoms with Crippen LogP contribution in [0.2, 0.25) is 0 Å². The van der Waals surface area contributed by atoms with Crippen LogP contribution in [0.15, 0.2) is 89.8 Å². The van der Waals surface area contributed by atoms with E-state index in [0.717, 1.165) is 5.39 Å². The molecule has 4 aromatic rings. The molecule has 0 N–H and O–H groups in total. The van der Waals surface area contributed by atoms with E-state index in [1.54, 1.807) is 54.6 Å². The smallest absolute Gasteiger partial charge is 0.268 e. The lowest BCUT2D eigenvalue weighted by Gasteiger charge is -2.12. The van der Waals surface area contributed by atoms with Gasteiger partial charge in [-0.1, -0.05) is 66.7 Å². The molecule has 0 bridgehead atoms. The van der Waals surface area contributed by atoms with Crippen LogP contribution in [0.1, 0.15) is 16.1 Å². The Labute approximate surface area is 170 Å². The van der Waals surface area contributed by atoms with Crippen molar-refractivity contribution in [3.63, 3.8) is 0 Å². The summed E-state index contributed by atoms with van der Waals surface area (Å²) in [6, 6.07) is 24.0. The van der Waals surface area contributed by atoms with Gasteiger partial charge in [-0.3, -0.25) is 4.79 Å². The number of hydrogen-bond donors (Lipinski definition) is 0. The predicted molar refractivity (Wildman–Crippen MR) is 114 cm³/mol. The van der Waals surface area contributed by atoms with Crippen LogP contribution >= 0.6 is 22.6 Å². The van der Waals surface area contributed by atoms with Crippen LogP contribution in [-0.2, 0) is 10.0 Å². The first-order chi connectivity index (χ1) is 13.0. The Kier molecular flexibility index (Phi) is 4.61. The Morgan fingerprint density at radius 1 is 0.778 bits per heavy atom. The Bertz CT molecular complexity index is 1250. The lowest BCUT2D eigenvalue weighted by molar-refractivity contribution is 0.103. The van der Waals surface area contributed by atoms with Crippen molar-refractivity contribution in [3.8, 4) is 0 Å². The average molecular weight is 487 g/mol. The first kappa shape index (κ1) is 17.9. The molecule has 4 nitrogen and oxygen atoms in total. The molecule has 0 unspecified atom stereocenters. The van der Waals surface area contributed by atoms with E-state index in [1.165, 1.54) is 16.1 Å². The Morgan fingerprint density at radius 2 is 1.33 bits per heavy atom. The van der Waals surface area contributed by atoms with Crippen molar-refractivity contribution in [2.75, 3.05) is 0 Å². The molecule has 0 aliphatic rings. The van der Waals surface area contributed by atoms with Gasteiger partial charge in [-0.25, -0.2) is 12.4 Å². The Hall–Kier alpha value is -2.45. The molecule has 0 saturated carbocycles. The Morgan fingerprint density at radius 3 is 2.00 bits per heavy atom. The molecule has 0 aliphatic heterocycles. The predicted octanol–water partition coefficient (Wildman–Crippen LogP) is 4.71. The summed E-state index contributed by atoms with van der Waals surface area (Å²) >= 11 is 2.05. The van der Waals surface area contributed by atoms with Gasteiger partial charge in [0.25, 0.3) is 10.0 Å². The molecule has 1 aromatic heterocycles. The van der Waals surface area contributed by atoms with Gasteiger partial charge in [0, 0.05) is 10.9 Å².